The average molecular weight is 413 g/mol. The summed E-state index contributed by atoms with van der Waals surface area (Å²) in [6, 6.07) is 4.22. The molecule has 1 nitrogen and oxygen atoms in total. The predicted molar refractivity (Wildman–Crippen MR) is 116 cm³/mol. The Morgan fingerprint density at radius 2 is 1.28 bits per heavy atom. The highest BCUT2D eigenvalue weighted by Crippen LogP contribution is 2.47. The summed E-state index contributed by atoms with van der Waals surface area (Å²) in [5.41, 5.74) is 0.518. The second-order valence-electron chi connectivity index (χ2n) is 8.83. The third kappa shape index (κ3) is 6.77. The number of hydrogen-bond acceptors (Lipinski definition) is 0. The zero-order valence-electron chi connectivity index (χ0n) is 17.7. The van der Waals surface area contributed by atoms with Crippen molar-refractivity contribution < 1.29 is 0 Å². The molecule has 0 bridgehead atoms. The zero-order chi connectivity index (χ0) is 18.9. The van der Waals surface area contributed by atoms with E-state index in [0.29, 0.717) is 5.41 Å². The molecule has 0 N–H and O–H groups in total. The molecule has 0 saturated heterocycles. The van der Waals surface area contributed by atoms with Gasteiger partial charge in [0.25, 0.3) is 0 Å². The number of nitrogens with zero attached hydrogens (tertiary/aromatic N) is 1. The Kier molecular flexibility index (Phi) is 10.5. The first-order valence-corrected chi connectivity index (χ1v) is 11.4. The highest BCUT2D eigenvalue weighted by Gasteiger charge is 2.39. The third-order valence-corrected chi connectivity index (χ3v) is 7.23. The summed E-state index contributed by atoms with van der Waals surface area (Å²) in [7, 11) is 0. The molecule has 2 heteroatoms. The molecular formula is C23H42BrN. The predicted octanol–water partition coefficient (Wildman–Crippen LogP) is 8.33. The van der Waals surface area contributed by atoms with Gasteiger partial charge < -0.3 is 4.57 Å². The molecule has 0 aliphatic heterocycles. The first-order valence-electron chi connectivity index (χ1n) is 10.6. The maximum atomic E-state index is 3.59. The molecule has 0 radical (unpaired) electrons. The van der Waals surface area contributed by atoms with Crippen molar-refractivity contribution in [2.24, 2.45) is 23.2 Å². The number of unbranched alkanes of at least 4 members (excludes halogenated alkanes) is 6. The van der Waals surface area contributed by atoms with Gasteiger partial charge in [0.2, 0.25) is 0 Å². The molecule has 0 spiro atoms. The maximum Gasteiger partial charge on any atom is 0.0846 e. The van der Waals surface area contributed by atoms with Crippen LogP contribution in [0.25, 0.3) is 0 Å². The second-order valence-corrected chi connectivity index (χ2v) is 9.64. The number of aromatic nitrogens is 1. The third-order valence-electron chi connectivity index (χ3n) is 6.51. The molecule has 0 unspecified atom stereocenters. The van der Waals surface area contributed by atoms with Crippen LogP contribution in [0, 0.1) is 23.2 Å². The number of hydrogen-bond donors (Lipinski definition) is 0. The van der Waals surface area contributed by atoms with Gasteiger partial charge in [-0.1, -0.05) is 80.1 Å². The Labute approximate surface area is 166 Å². The molecule has 0 fully saturated rings. The Bertz CT molecular complexity index is 437. The van der Waals surface area contributed by atoms with E-state index in [1.165, 1.54) is 56.0 Å². The lowest BCUT2D eigenvalue weighted by atomic mass is 9.60. The van der Waals surface area contributed by atoms with Crippen LogP contribution >= 0.6 is 15.9 Å². The van der Waals surface area contributed by atoms with Crippen molar-refractivity contribution in [3.8, 4) is 0 Å². The zero-order valence-corrected chi connectivity index (χ0v) is 19.2. The van der Waals surface area contributed by atoms with Crippen LogP contribution in [0.1, 0.15) is 92.9 Å². The summed E-state index contributed by atoms with van der Waals surface area (Å²) >= 11 is 3.59. The van der Waals surface area contributed by atoms with E-state index in [0.717, 1.165) is 24.3 Å². The van der Waals surface area contributed by atoms with Gasteiger partial charge in [0.15, 0.2) is 0 Å². The molecular weight excluding hydrogens is 370 g/mol. The van der Waals surface area contributed by atoms with Gasteiger partial charge in [-0.3, -0.25) is 0 Å². The van der Waals surface area contributed by atoms with Gasteiger partial charge in [-0.2, -0.15) is 0 Å². The first-order chi connectivity index (χ1) is 11.8. The van der Waals surface area contributed by atoms with Crippen molar-refractivity contribution in [1.82, 2.24) is 4.57 Å². The highest BCUT2D eigenvalue weighted by atomic mass is 79.9. The minimum absolute atomic E-state index is 0.518. The van der Waals surface area contributed by atoms with E-state index < -0.39 is 0 Å². The molecule has 1 aromatic rings. The fourth-order valence-corrected chi connectivity index (χ4v) is 5.49. The molecule has 146 valence electrons. The molecule has 25 heavy (non-hydrogen) atoms. The Balaban J connectivity index is 2.15. The van der Waals surface area contributed by atoms with E-state index in [1.54, 1.807) is 0 Å². The number of halogens is 1. The standard InChI is InChI=1S/C23H42BrN/c1-19(2)23(20(3)4,21(5)6)16-12-10-8-7-9-11-13-17-25-18-14-15-22(25)24/h14-15,18-21H,7-13,16-17H2,1-6H3. The van der Waals surface area contributed by atoms with Gasteiger partial charge in [0.05, 0.1) is 4.60 Å². The lowest BCUT2D eigenvalue weighted by molar-refractivity contribution is 0.0356. The monoisotopic (exact) mass is 411 g/mol. The molecule has 0 aliphatic carbocycles. The minimum atomic E-state index is 0.518. The Morgan fingerprint density at radius 1 is 0.800 bits per heavy atom. The van der Waals surface area contributed by atoms with Gasteiger partial charge in [-0.15, -0.1) is 0 Å². The molecule has 0 atom stereocenters. The van der Waals surface area contributed by atoms with Crippen LogP contribution in [0.5, 0.6) is 0 Å². The SMILES string of the molecule is CC(C)C(CCCCCCCCCn1cccc1Br)(C(C)C)C(C)C. The summed E-state index contributed by atoms with van der Waals surface area (Å²) in [6.45, 7) is 15.7. The van der Waals surface area contributed by atoms with Crippen LogP contribution in [0.15, 0.2) is 22.9 Å². The quantitative estimate of drug-likeness (QED) is 0.287. The van der Waals surface area contributed by atoms with Crippen LogP contribution in [0.4, 0.5) is 0 Å². The summed E-state index contributed by atoms with van der Waals surface area (Å²) in [6.07, 6.45) is 13.3. The normalized spacial score (nSPS) is 12.7. The van der Waals surface area contributed by atoms with Crippen molar-refractivity contribution >= 4 is 15.9 Å². The largest absolute Gasteiger partial charge is 0.342 e. The van der Waals surface area contributed by atoms with Crippen molar-refractivity contribution in [1.29, 1.82) is 0 Å². The van der Waals surface area contributed by atoms with Gasteiger partial charge in [-0.25, -0.2) is 0 Å². The van der Waals surface area contributed by atoms with Gasteiger partial charge in [-0.05, 0) is 64.1 Å². The summed E-state index contributed by atoms with van der Waals surface area (Å²) in [4.78, 5) is 0. The van der Waals surface area contributed by atoms with Gasteiger partial charge in [0, 0.05) is 12.7 Å². The maximum absolute atomic E-state index is 3.59. The lowest BCUT2D eigenvalue weighted by Gasteiger charge is -2.45. The molecule has 0 aliphatic rings. The Hall–Kier alpha value is -0.240. The second kappa shape index (κ2) is 11.5. The minimum Gasteiger partial charge on any atom is -0.342 e. The molecule has 0 saturated carbocycles. The van der Waals surface area contributed by atoms with E-state index >= 15 is 0 Å². The van der Waals surface area contributed by atoms with E-state index in [9.17, 15) is 0 Å². The van der Waals surface area contributed by atoms with Crippen molar-refractivity contribution in [3.63, 3.8) is 0 Å². The molecule has 0 aromatic carbocycles. The van der Waals surface area contributed by atoms with E-state index in [2.05, 4.69) is 80.4 Å². The molecule has 1 heterocycles. The topological polar surface area (TPSA) is 4.93 Å². The van der Waals surface area contributed by atoms with Crippen molar-refractivity contribution in [2.45, 2.75) is 99.5 Å². The van der Waals surface area contributed by atoms with Crippen molar-refractivity contribution in [2.75, 3.05) is 0 Å². The highest BCUT2D eigenvalue weighted by molar-refractivity contribution is 9.10. The fourth-order valence-electron chi connectivity index (χ4n) is 5.04. The van der Waals surface area contributed by atoms with Crippen LogP contribution in [-0.4, -0.2) is 4.57 Å². The van der Waals surface area contributed by atoms with Gasteiger partial charge >= 0.3 is 0 Å². The molecule has 1 aromatic heterocycles. The van der Waals surface area contributed by atoms with Crippen LogP contribution in [0.2, 0.25) is 0 Å². The smallest absolute Gasteiger partial charge is 0.0846 e. The van der Waals surface area contributed by atoms with Crippen LogP contribution in [-0.2, 0) is 6.54 Å². The fraction of sp³-hybridized carbons (Fsp3) is 0.826. The average Bonchev–Trinajstić information content (AvgIpc) is 2.93. The van der Waals surface area contributed by atoms with Gasteiger partial charge in [0.1, 0.15) is 0 Å². The molecule has 0 amide bonds. The van der Waals surface area contributed by atoms with E-state index in [1.807, 2.05) is 0 Å². The summed E-state index contributed by atoms with van der Waals surface area (Å²) < 4.78 is 3.50. The van der Waals surface area contributed by atoms with E-state index in [4.69, 9.17) is 0 Å². The Morgan fingerprint density at radius 3 is 1.72 bits per heavy atom. The summed E-state index contributed by atoms with van der Waals surface area (Å²) in [5, 5.41) is 0. The van der Waals surface area contributed by atoms with E-state index in [-0.39, 0.29) is 0 Å². The number of rotatable bonds is 13. The lowest BCUT2D eigenvalue weighted by Crippen LogP contribution is -2.38. The van der Waals surface area contributed by atoms with Crippen LogP contribution < -0.4 is 0 Å². The number of aryl methyl sites for hydroxylation is 1. The molecule has 1 rings (SSSR count). The first kappa shape index (κ1) is 22.8. The van der Waals surface area contributed by atoms with Crippen LogP contribution in [0.3, 0.4) is 0 Å². The summed E-state index contributed by atoms with van der Waals surface area (Å²) in [5.74, 6) is 2.33. The van der Waals surface area contributed by atoms with Crippen molar-refractivity contribution in [3.05, 3.63) is 22.9 Å².